The Balaban J connectivity index is 1.19. The number of halogens is 1. The summed E-state index contributed by atoms with van der Waals surface area (Å²) in [5.74, 6) is -0.266. The van der Waals surface area contributed by atoms with Crippen LogP contribution in [0.1, 0.15) is 25.0 Å². The van der Waals surface area contributed by atoms with E-state index in [1.807, 2.05) is 29.8 Å². The fourth-order valence-corrected chi connectivity index (χ4v) is 4.84. The maximum absolute atomic E-state index is 13.9. The first-order valence-corrected chi connectivity index (χ1v) is 11.6. The number of piperidine rings is 1. The number of carbonyl (C=O) groups excluding carboxylic acids is 1. The van der Waals surface area contributed by atoms with Crippen LogP contribution in [0.2, 0.25) is 0 Å². The second-order valence-electron chi connectivity index (χ2n) is 8.75. The van der Waals surface area contributed by atoms with E-state index >= 15 is 0 Å². The molecule has 2 aromatic carbocycles. The Bertz CT molecular complexity index is 1300. The van der Waals surface area contributed by atoms with Crippen molar-refractivity contribution in [1.82, 2.24) is 20.1 Å². The summed E-state index contributed by atoms with van der Waals surface area (Å²) in [6, 6.07) is 14.8. The number of rotatable bonds is 6. The van der Waals surface area contributed by atoms with Crippen molar-refractivity contribution in [3.05, 3.63) is 66.2 Å². The van der Waals surface area contributed by atoms with E-state index in [9.17, 15) is 9.18 Å². The summed E-state index contributed by atoms with van der Waals surface area (Å²) in [4.78, 5) is 19.4. The van der Waals surface area contributed by atoms with E-state index in [0.717, 1.165) is 60.2 Å². The van der Waals surface area contributed by atoms with Gasteiger partial charge in [-0.05, 0) is 56.5 Å². The molecule has 5 rings (SSSR count). The van der Waals surface area contributed by atoms with E-state index in [1.54, 1.807) is 12.3 Å². The van der Waals surface area contributed by atoms with Crippen molar-refractivity contribution in [2.24, 2.45) is 5.92 Å². The van der Waals surface area contributed by atoms with Crippen molar-refractivity contribution in [1.29, 1.82) is 0 Å². The Hall–Kier alpha value is -3.48. The third kappa shape index (κ3) is 4.40. The zero-order valence-corrected chi connectivity index (χ0v) is 18.8. The molecule has 1 amide bonds. The van der Waals surface area contributed by atoms with Gasteiger partial charge in [-0.25, -0.2) is 4.39 Å². The van der Waals surface area contributed by atoms with Gasteiger partial charge in [0.25, 0.3) is 0 Å². The van der Waals surface area contributed by atoms with Crippen LogP contribution in [0.25, 0.3) is 21.8 Å². The van der Waals surface area contributed by atoms with Gasteiger partial charge in [0.1, 0.15) is 5.82 Å². The van der Waals surface area contributed by atoms with Gasteiger partial charge in [-0.1, -0.05) is 18.2 Å². The van der Waals surface area contributed by atoms with E-state index in [1.165, 1.54) is 17.5 Å². The molecule has 1 atom stereocenters. The molecule has 1 fully saturated rings. The Morgan fingerprint density at radius 1 is 1.18 bits per heavy atom. The zero-order valence-electron chi connectivity index (χ0n) is 18.8. The maximum Gasteiger partial charge on any atom is 0.224 e. The molecule has 0 spiro atoms. The Labute approximate surface area is 192 Å². The molecule has 1 N–H and O–H groups in total. The van der Waals surface area contributed by atoms with Gasteiger partial charge in [-0.3, -0.25) is 14.5 Å². The van der Waals surface area contributed by atoms with Crippen LogP contribution in [0.15, 0.2) is 54.7 Å². The van der Waals surface area contributed by atoms with Crippen LogP contribution in [-0.4, -0.2) is 40.3 Å². The lowest BCUT2D eigenvalue weighted by atomic mass is 9.96. The molecule has 0 radical (unpaired) electrons. The average Bonchev–Trinajstić information content (AvgIpc) is 3.17. The molecule has 1 aliphatic heterocycles. The van der Waals surface area contributed by atoms with Gasteiger partial charge in [0.2, 0.25) is 5.91 Å². The number of carbonyl (C=O) groups is 1. The Morgan fingerprint density at radius 2 is 2.06 bits per heavy atom. The van der Waals surface area contributed by atoms with Crippen LogP contribution in [0.5, 0.6) is 0 Å². The highest BCUT2D eigenvalue weighted by Gasteiger charge is 2.26. The smallest absolute Gasteiger partial charge is 0.224 e. The molecule has 6 nitrogen and oxygen atoms in total. The van der Waals surface area contributed by atoms with Crippen LogP contribution in [0, 0.1) is 18.7 Å². The number of fused-ring (bicyclic) bond motifs is 2. The second kappa shape index (κ2) is 9.17. The van der Waals surface area contributed by atoms with Crippen LogP contribution >= 0.6 is 0 Å². The lowest BCUT2D eigenvalue weighted by molar-refractivity contribution is -0.125. The van der Waals surface area contributed by atoms with Gasteiger partial charge in [-0.15, -0.1) is 0 Å². The number of aryl methyl sites for hydroxylation is 2. The third-order valence-corrected chi connectivity index (χ3v) is 6.50. The SMILES string of the molecule is Cc1nn(CCCNC(=O)C2CCCN(c3ccnc4ccc(F)cc34)C2)c2ccccc12. The van der Waals surface area contributed by atoms with E-state index in [-0.39, 0.29) is 17.6 Å². The topological polar surface area (TPSA) is 63.1 Å². The summed E-state index contributed by atoms with van der Waals surface area (Å²) >= 11 is 0. The van der Waals surface area contributed by atoms with Crippen molar-refractivity contribution in [3.8, 4) is 0 Å². The first-order valence-electron chi connectivity index (χ1n) is 11.6. The minimum atomic E-state index is -0.275. The lowest BCUT2D eigenvalue weighted by Gasteiger charge is -2.34. The number of para-hydroxylation sites is 1. The quantitative estimate of drug-likeness (QED) is 0.445. The summed E-state index contributed by atoms with van der Waals surface area (Å²) in [6.07, 6.45) is 4.36. The van der Waals surface area contributed by atoms with Crippen LogP contribution < -0.4 is 10.2 Å². The summed E-state index contributed by atoms with van der Waals surface area (Å²) in [6.45, 7) is 4.89. The molecule has 0 bridgehead atoms. The summed E-state index contributed by atoms with van der Waals surface area (Å²) in [7, 11) is 0. The number of amides is 1. The third-order valence-electron chi connectivity index (χ3n) is 6.50. The monoisotopic (exact) mass is 445 g/mol. The van der Waals surface area contributed by atoms with Crippen LogP contribution in [-0.2, 0) is 11.3 Å². The molecule has 1 aliphatic rings. The molecule has 7 heteroatoms. The summed E-state index contributed by atoms with van der Waals surface area (Å²) in [5, 5.41) is 9.72. The number of nitrogens with one attached hydrogen (secondary N) is 1. The fourth-order valence-electron chi connectivity index (χ4n) is 4.84. The van der Waals surface area contributed by atoms with Gasteiger partial charge < -0.3 is 10.2 Å². The zero-order chi connectivity index (χ0) is 22.8. The van der Waals surface area contributed by atoms with E-state index < -0.39 is 0 Å². The molecule has 1 unspecified atom stereocenters. The highest BCUT2D eigenvalue weighted by Crippen LogP contribution is 2.30. The molecule has 33 heavy (non-hydrogen) atoms. The predicted molar refractivity (Wildman–Crippen MR) is 129 cm³/mol. The second-order valence-corrected chi connectivity index (χ2v) is 8.75. The maximum atomic E-state index is 13.9. The highest BCUT2D eigenvalue weighted by atomic mass is 19.1. The number of aromatic nitrogens is 3. The minimum Gasteiger partial charge on any atom is -0.370 e. The number of anilines is 1. The first-order chi connectivity index (χ1) is 16.1. The van der Waals surface area contributed by atoms with Gasteiger partial charge >= 0.3 is 0 Å². The summed E-state index contributed by atoms with van der Waals surface area (Å²) < 4.78 is 15.9. The van der Waals surface area contributed by atoms with Gasteiger partial charge in [0, 0.05) is 48.8 Å². The lowest BCUT2D eigenvalue weighted by Crippen LogP contribution is -2.43. The minimum absolute atomic E-state index is 0.0803. The first kappa shape index (κ1) is 21.4. The number of nitrogens with zero attached hydrogens (tertiary/aromatic N) is 4. The van der Waals surface area contributed by atoms with Crippen molar-refractivity contribution in [3.63, 3.8) is 0 Å². The Kier molecular flexibility index (Phi) is 5.94. The molecule has 2 aromatic heterocycles. The van der Waals surface area contributed by atoms with Crippen molar-refractivity contribution < 1.29 is 9.18 Å². The Morgan fingerprint density at radius 3 is 2.97 bits per heavy atom. The van der Waals surface area contributed by atoms with Gasteiger partial charge in [0.15, 0.2) is 0 Å². The molecule has 0 saturated carbocycles. The molecular formula is C26H28FN5O. The number of hydrogen-bond donors (Lipinski definition) is 1. The number of pyridine rings is 1. The van der Waals surface area contributed by atoms with Gasteiger partial charge in [0.05, 0.1) is 22.6 Å². The van der Waals surface area contributed by atoms with Crippen LogP contribution in [0.3, 0.4) is 0 Å². The fraction of sp³-hybridized carbons (Fsp3) is 0.346. The standard InChI is InChI=1S/C26H28FN5O/c1-18-21-7-2-3-8-25(21)32(30-18)15-5-12-29-26(33)19-6-4-14-31(17-19)24-11-13-28-23-10-9-20(27)16-22(23)24/h2-3,7-11,13,16,19H,4-6,12,14-15,17H2,1H3,(H,29,33). The van der Waals surface area contributed by atoms with Crippen molar-refractivity contribution in [2.45, 2.75) is 32.7 Å². The summed E-state index contributed by atoms with van der Waals surface area (Å²) in [5.41, 5.74) is 3.87. The van der Waals surface area contributed by atoms with E-state index in [0.29, 0.717) is 13.1 Å². The highest BCUT2D eigenvalue weighted by molar-refractivity contribution is 5.92. The molecule has 4 aromatic rings. The average molecular weight is 446 g/mol. The normalized spacial score (nSPS) is 16.4. The molecular weight excluding hydrogens is 417 g/mol. The van der Waals surface area contributed by atoms with E-state index in [4.69, 9.17) is 0 Å². The number of benzene rings is 2. The molecule has 170 valence electrons. The number of hydrogen-bond acceptors (Lipinski definition) is 4. The van der Waals surface area contributed by atoms with Crippen LogP contribution in [0.4, 0.5) is 10.1 Å². The van der Waals surface area contributed by atoms with Crippen molar-refractivity contribution >= 4 is 33.4 Å². The molecule has 0 aliphatic carbocycles. The van der Waals surface area contributed by atoms with Crippen molar-refractivity contribution in [2.75, 3.05) is 24.5 Å². The molecule has 3 heterocycles. The molecule has 1 saturated heterocycles. The van der Waals surface area contributed by atoms with E-state index in [2.05, 4.69) is 32.4 Å². The van der Waals surface area contributed by atoms with Gasteiger partial charge in [-0.2, -0.15) is 5.10 Å². The predicted octanol–water partition coefficient (Wildman–Crippen LogP) is 4.45. The largest absolute Gasteiger partial charge is 0.370 e.